The van der Waals surface area contributed by atoms with Gasteiger partial charge in [0, 0.05) is 5.56 Å². The van der Waals surface area contributed by atoms with Crippen molar-refractivity contribution < 1.29 is 9.21 Å². The molecule has 0 saturated carbocycles. The van der Waals surface area contributed by atoms with Gasteiger partial charge in [0.15, 0.2) is 0 Å². The van der Waals surface area contributed by atoms with Gasteiger partial charge in [-0.1, -0.05) is 32.0 Å². The van der Waals surface area contributed by atoms with Gasteiger partial charge >= 0.3 is 0 Å². The summed E-state index contributed by atoms with van der Waals surface area (Å²) in [6, 6.07) is 11.7. The zero-order chi connectivity index (χ0) is 17.4. The van der Waals surface area contributed by atoms with Gasteiger partial charge in [0.05, 0.1) is 35.4 Å². The van der Waals surface area contributed by atoms with E-state index in [0.29, 0.717) is 5.56 Å². The van der Waals surface area contributed by atoms with Crippen LogP contribution in [0.1, 0.15) is 47.9 Å². The fourth-order valence-electron chi connectivity index (χ4n) is 3.60. The number of nitrogens with one attached hydrogen (secondary N) is 1. The van der Waals surface area contributed by atoms with Crippen molar-refractivity contribution >= 4 is 5.91 Å². The molecule has 3 aromatic rings. The van der Waals surface area contributed by atoms with Gasteiger partial charge in [0.25, 0.3) is 5.91 Å². The fraction of sp³-hybridized carbons (Fsp3) is 0.300. The molecule has 25 heavy (non-hydrogen) atoms. The summed E-state index contributed by atoms with van der Waals surface area (Å²) in [5, 5.41) is 7.75. The third-order valence-electron chi connectivity index (χ3n) is 4.77. The summed E-state index contributed by atoms with van der Waals surface area (Å²) in [6.07, 6.45) is 6.67. The minimum Gasteiger partial charge on any atom is -0.472 e. The van der Waals surface area contributed by atoms with Gasteiger partial charge in [-0.2, -0.15) is 5.10 Å². The summed E-state index contributed by atoms with van der Waals surface area (Å²) in [4.78, 5) is 12.5. The number of carbonyl (C=O) groups is 1. The maximum Gasteiger partial charge on any atom is 0.255 e. The Hall–Kier alpha value is -2.82. The lowest BCUT2D eigenvalue weighted by Gasteiger charge is -2.35. The van der Waals surface area contributed by atoms with Crippen LogP contribution in [0, 0.1) is 5.41 Å². The Morgan fingerprint density at radius 2 is 2.08 bits per heavy atom. The van der Waals surface area contributed by atoms with E-state index >= 15 is 0 Å². The molecule has 0 spiro atoms. The van der Waals surface area contributed by atoms with Crippen molar-refractivity contribution in [2.75, 3.05) is 0 Å². The van der Waals surface area contributed by atoms with E-state index in [2.05, 4.69) is 24.3 Å². The van der Waals surface area contributed by atoms with Gasteiger partial charge in [0.1, 0.15) is 6.26 Å². The van der Waals surface area contributed by atoms with Crippen LogP contribution in [-0.4, -0.2) is 15.7 Å². The van der Waals surface area contributed by atoms with Crippen molar-refractivity contribution in [2.24, 2.45) is 5.41 Å². The fourth-order valence-corrected chi connectivity index (χ4v) is 3.60. The van der Waals surface area contributed by atoms with E-state index in [1.165, 1.54) is 18.2 Å². The number of para-hydroxylation sites is 1. The third kappa shape index (κ3) is 2.97. The lowest BCUT2D eigenvalue weighted by molar-refractivity contribution is 0.0918. The minimum absolute atomic E-state index is 0.0568. The summed E-state index contributed by atoms with van der Waals surface area (Å²) in [5.74, 6) is -0.116. The summed E-state index contributed by atoms with van der Waals surface area (Å²) < 4.78 is 7.01. The van der Waals surface area contributed by atoms with Crippen molar-refractivity contribution in [3.05, 3.63) is 71.9 Å². The van der Waals surface area contributed by atoms with Crippen LogP contribution >= 0.6 is 0 Å². The smallest absolute Gasteiger partial charge is 0.255 e. The van der Waals surface area contributed by atoms with Crippen molar-refractivity contribution in [2.45, 2.75) is 32.7 Å². The molecule has 0 fully saturated rings. The molecule has 4 rings (SSSR count). The van der Waals surface area contributed by atoms with Crippen molar-refractivity contribution in [1.29, 1.82) is 0 Å². The third-order valence-corrected chi connectivity index (χ3v) is 4.77. The summed E-state index contributed by atoms with van der Waals surface area (Å²) in [7, 11) is 0. The first-order valence-electron chi connectivity index (χ1n) is 8.49. The molecule has 5 nitrogen and oxygen atoms in total. The monoisotopic (exact) mass is 335 g/mol. The predicted molar refractivity (Wildman–Crippen MR) is 94.6 cm³/mol. The van der Waals surface area contributed by atoms with Crippen LogP contribution in [-0.2, 0) is 6.42 Å². The molecule has 128 valence electrons. The normalized spacial score (nSPS) is 18.6. The Bertz CT molecular complexity index is 879. The molecule has 1 amide bonds. The molecule has 5 heteroatoms. The van der Waals surface area contributed by atoms with E-state index in [0.717, 1.165) is 24.1 Å². The molecule has 0 radical (unpaired) electrons. The van der Waals surface area contributed by atoms with Crippen LogP contribution in [0.5, 0.6) is 0 Å². The van der Waals surface area contributed by atoms with E-state index in [-0.39, 0.29) is 17.4 Å². The number of nitrogens with zero attached hydrogens (tertiary/aromatic N) is 2. The quantitative estimate of drug-likeness (QED) is 0.789. The lowest BCUT2D eigenvalue weighted by Crippen LogP contribution is -2.36. The number of amides is 1. The standard InChI is InChI=1S/C20H21N3O2/c1-20(2)10-17(22-19(24)14-8-9-25-13-14)16-12-21-23(18(16)11-20)15-6-4-3-5-7-15/h3-9,12-13,17H,10-11H2,1-2H3,(H,22,24)/t17-/m0/s1. The highest BCUT2D eigenvalue weighted by Gasteiger charge is 2.36. The van der Waals surface area contributed by atoms with E-state index in [1.807, 2.05) is 41.2 Å². The van der Waals surface area contributed by atoms with E-state index in [1.54, 1.807) is 6.07 Å². The first-order valence-corrected chi connectivity index (χ1v) is 8.49. The average Bonchev–Trinajstić information content (AvgIpc) is 3.24. The maximum absolute atomic E-state index is 12.5. The van der Waals surface area contributed by atoms with Gasteiger partial charge in [-0.15, -0.1) is 0 Å². The molecule has 1 N–H and O–H groups in total. The Morgan fingerprint density at radius 3 is 2.80 bits per heavy atom. The number of benzene rings is 1. The van der Waals surface area contributed by atoms with Crippen LogP contribution in [0.25, 0.3) is 5.69 Å². The first kappa shape index (κ1) is 15.7. The Morgan fingerprint density at radius 1 is 1.28 bits per heavy atom. The van der Waals surface area contributed by atoms with E-state index in [4.69, 9.17) is 4.42 Å². The number of rotatable bonds is 3. The van der Waals surface area contributed by atoms with Crippen LogP contribution in [0.4, 0.5) is 0 Å². The minimum atomic E-state index is -0.116. The summed E-state index contributed by atoms with van der Waals surface area (Å²) in [5.41, 5.74) is 3.93. The number of carbonyl (C=O) groups excluding carboxylic acids is 1. The van der Waals surface area contributed by atoms with Crippen LogP contribution in [0.2, 0.25) is 0 Å². The van der Waals surface area contributed by atoms with Gasteiger partial charge in [0.2, 0.25) is 0 Å². The molecule has 1 aromatic carbocycles. The first-order chi connectivity index (χ1) is 12.0. The SMILES string of the molecule is CC1(C)Cc2c(cnn2-c2ccccc2)[C@@H](NC(=O)c2ccoc2)C1. The number of furan rings is 1. The molecular formula is C20H21N3O2. The summed E-state index contributed by atoms with van der Waals surface area (Å²) >= 11 is 0. The van der Waals surface area contributed by atoms with Crippen molar-refractivity contribution in [3.63, 3.8) is 0 Å². The highest BCUT2D eigenvalue weighted by atomic mass is 16.3. The van der Waals surface area contributed by atoms with Gasteiger partial charge < -0.3 is 9.73 Å². The van der Waals surface area contributed by atoms with Gasteiger partial charge in [-0.25, -0.2) is 4.68 Å². The topological polar surface area (TPSA) is 60.1 Å². The predicted octanol–water partition coefficient (Wildman–Crippen LogP) is 3.91. The average molecular weight is 335 g/mol. The van der Waals surface area contributed by atoms with Gasteiger partial charge in [-0.05, 0) is 36.5 Å². The second-order valence-corrected chi connectivity index (χ2v) is 7.38. The second kappa shape index (κ2) is 5.92. The largest absolute Gasteiger partial charge is 0.472 e. The zero-order valence-corrected chi connectivity index (χ0v) is 14.4. The van der Waals surface area contributed by atoms with Crippen LogP contribution < -0.4 is 5.32 Å². The van der Waals surface area contributed by atoms with E-state index < -0.39 is 0 Å². The number of hydrogen-bond donors (Lipinski definition) is 1. The summed E-state index contributed by atoms with van der Waals surface area (Å²) in [6.45, 7) is 4.46. The highest BCUT2D eigenvalue weighted by molar-refractivity contribution is 5.94. The second-order valence-electron chi connectivity index (χ2n) is 7.38. The molecule has 0 saturated heterocycles. The number of aromatic nitrogens is 2. The highest BCUT2D eigenvalue weighted by Crippen LogP contribution is 2.41. The molecule has 2 heterocycles. The molecule has 0 aliphatic heterocycles. The lowest BCUT2D eigenvalue weighted by atomic mass is 9.74. The van der Waals surface area contributed by atoms with Crippen LogP contribution in [0.15, 0.2) is 59.5 Å². The number of fused-ring (bicyclic) bond motifs is 1. The number of hydrogen-bond acceptors (Lipinski definition) is 3. The van der Waals surface area contributed by atoms with Gasteiger partial charge in [-0.3, -0.25) is 4.79 Å². The molecule has 1 atom stereocenters. The van der Waals surface area contributed by atoms with Crippen LogP contribution in [0.3, 0.4) is 0 Å². The maximum atomic E-state index is 12.5. The Kier molecular flexibility index (Phi) is 3.71. The van der Waals surface area contributed by atoms with Crippen molar-refractivity contribution in [3.8, 4) is 5.69 Å². The zero-order valence-electron chi connectivity index (χ0n) is 14.4. The molecule has 2 aromatic heterocycles. The Labute approximate surface area is 146 Å². The molecule has 1 aliphatic rings. The van der Waals surface area contributed by atoms with E-state index in [9.17, 15) is 4.79 Å². The Balaban J connectivity index is 1.70. The molecule has 1 aliphatic carbocycles. The molecule has 0 bridgehead atoms. The molecular weight excluding hydrogens is 314 g/mol. The van der Waals surface area contributed by atoms with Crippen molar-refractivity contribution in [1.82, 2.24) is 15.1 Å². The molecule has 0 unspecified atom stereocenters.